The zero-order valence-electron chi connectivity index (χ0n) is 18.3. The lowest BCUT2D eigenvalue weighted by Crippen LogP contribution is -2.32. The monoisotopic (exact) mass is 481 g/mol. The molecule has 1 saturated heterocycles. The summed E-state index contributed by atoms with van der Waals surface area (Å²) >= 11 is 0. The lowest BCUT2D eigenvalue weighted by molar-refractivity contribution is 0.0315. The molecule has 0 aliphatic carbocycles. The summed E-state index contributed by atoms with van der Waals surface area (Å²) in [4.78, 5) is 25.2. The van der Waals surface area contributed by atoms with E-state index in [1.807, 2.05) is 0 Å². The Labute approximate surface area is 191 Å². The van der Waals surface area contributed by atoms with Crippen molar-refractivity contribution in [2.45, 2.75) is 43.6 Å². The predicted molar refractivity (Wildman–Crippen MR) is 116 cm³/mol. The number of ketones is 1. The van der Waals surface area contributed by atoms with Gasteiger partial charge in [0.1, 0.15) is 11.3 Å². The van der Waals surface area contributed by atoms with Crippen molar-refractivity contribution in [3.8, 4) is 5.75 Å². The highest BCUT2D eigenvalue weighted by molar-refractivity contribution is 7.89. The summed E-state index contributed by atoms with van der Waals surface area (Å²) < 4.78 is 64.6. The zero-order valence-corrected chi connectivity index (χ0v) is 19.2. The molecule has 2 aromatic carbocycles. The minimum absolute atomic E-state index is 0.0716. The van der Waals surface area contributed by atoms with Crippen LogP contribution in [-0.4, -0.2) is 50.8 Å². The number of hydrogen-bond donors (Lipinski definition) is 0. The van der Waals surface area contributed by atoms with Crippen molar-refractivity contribution >= 4 is 21.8 Å². The fraction of sp³-hybridized carbons (Fsp3) is 0.391. The topological polar surface area (TPSA) is 90.0 Å². The molecule has 1 fully saturated rings. The summed E-state index contributed by atoms with van der Waals surface area (Å²) in [5.74, 6) is -3.96. The van der Waals surface area contributed by atoms with E-state index in [2.05, 4.69) is 0 Å². The van der Waals surface area contributed by atoms with E-state index in [1.54, 1.807) is 0 Å². The van der Waals surface area contributed by atoms with Crippen LogP contribution in [0.3, 0.4) is 0 Å². The van der Waals surface area contributed by atoms with Gasteiger partial charge in [-0.1, -0.05) is 12.8 Å². The molecule has 33 heavy (non-hydrogen) atoms. The fourth-order valence-electron chi connectivity index (χ4n) is 3.60. The van der Waals surface area contributed by atoms with Gasteiger partial charge in [0.2, 0.25) is 15.8 Å². The van der Waals surface area contributed by atoms with E-state index >= 15 is 0 Å². The first-order valence-corrected chi connectivity index (χ1v) is 12.0. The second kappa shape index (κ2) is 10.4. The van der Waals surface area contributed by atoms with Crippen molar-refractivity contribution in [2.24, 2.45) is 0 Å². The van der Waals surface area contributed by atoms with Crippen molar-refractivity contribution in [2.75, 3.05) is 20.2 Å². The van der Waals surface area contributed by atoms with E-state index in [-0.39, 0.29) is 21.8 Å². The molecule has 1 aliphatic heterocycles. The Morgan fingerprint density at radius 2 is 1.64 bits per heavy atom. The van der Waals surface area contributed by atoms with E-state index < -0.39 is 39.5 Å². The Hall–Kier alpha value is -2.85. The van der Waals surface area contributed by atoms with Crippen molar-refractivity contribution in [3.05, 3.63) is 59.2 Å². The molecule has 1 heterocycles. The third-order valence-electron chi connectivity index (χ3n) is 5.45. The molecule has 0 amide bonds. The third kappa shape index (κ3) is 5.56. The number of esters is 1. The van der Waals surface area contributed by atoms with Crippen LogP contribution in [0.5, 0.6) is 5.75 Å². The Bertz CT molecular complexity index is 1140. The molecule has 0 unspecified atom stereocenters. The molecule has 3 rings (SSSR count). The van der Waals surface area contributed by atoms with Crippen LogP contribution in [0.2, 0.25) is 0 Å². The van der Waals surface area contributed by atoms with Gasteiger partial charge in [0.15, 0.2) is 17.7 Å². The smallest absolute Gasteiger partial charge is 0.342 e. The second-order valence-corrected chi connectivity index (χ2v) is 9.66. The minimum atomic E-state index is -3.84. The number of sulfonamides is 1. The highest BCUT2D eigenvalue weighted by Crippen LogP contribution is 2.27. The maximum Gasteiger partial charge on any atom is 0.342 e. The Kier molecular flexibility index (Phi) is 7.80. The predicted octanol–water partition coefficient (Wildman–Crippen LogP) is 3.97. The second-order valence-electron chi connectivity index (χ2n) is 7.72. The highest BCUT2D eigenvalue weighted by Gasteiger charge is 2.29. The SMILES string of the molecule is COc1ccc(S(=O)(=O)N2CCCCCC2)cc1C(=O)O[C@@H](C)C(=O)c1ccc(F)c(F)c1. The summed E-state index contributed by atoms with van der Waals surface area (Å²) in [5.41, 5.74) is -0.336. The van der Waals surface area contributed by atoms with E-state index in [9.17, 15) is 26.8 Å². The number of nitrogens with zero attached hydrogens (tertiary/aromatic N) is 1. The molecule has 0 radical (unpaired) electrons. The van der Waals surface area contributed by atoms with Crippen molar-refractivity contribution in [1.82, 2.24) is 4.31 Å². The number of ether oxygens (including phenoxy) is 2. The molecule has 0 N–H and O–H groups in total. The van der Waals surface area contributed by atoms with Crippen LogP contribution >= 0.6 is 0 Å². The highest BCUT2D eigenvalue weighted by atomic mass is 32.2. The third-order valence-corrected chi connectivity index (χ3v) is 7.35. The number of benzene rings is 2. The van der Waals surface area contributed by atoms with Crippen molar-refractivity contribution in [1.29, 1.82) is 0 Å². The van der Waals surface area contributed by atoms with Crippen LogP contribution in [0, 0.1) is 11.6 Å². The molecule has 1 atom stereocenters. The molecule has 2 aromatic rings. The first kappa shape index (κ1) is 24.8. The van der Waals surface area contributed by atoms with Gasteiger partial charge in [-0.05, 0) is 56.2 Å². The van der Waals surface area contributed by atoms with Gasteiger partial charge in [0.05, 0.1) is 12.0 Å². The summed E-state index contributed by atoms with van der Waals surface area (Å²) in [7, 11) is -2.53. The lowest BCUT2D eigenvalue weighted by atomic mass is 10.1. The van der Waals surface area contributed by atoms with Gasteiger partial charge >= 0.3 is 5.97 Å². The van der Waals surface area contributed by atoms with E-state index in [0.717, 1.165) is 49.9 Å². The Morgan fingerprint density at radius 1 is 0.970 bits per heavy atom. The van der Waals surface area contributed by atoms with Crippen LogP contribution in [0.15, 0.2) is 41.3 Å². The molecule has 0 bridgehead atoms. The summed E-state index contributed by atoms with van der Waals surface area (Å²) in [5, 5.41) is 0. The molecular weight excluding hydrogens is 456 g/mol. The first-order chi connectivity index (χ1) is 15.6. The average Bonchev–Trinajstić information content (AvgIpc) is 3.10. The van der Waals surface area contributed by atoms with Gasteiger partial charge in [0, 0.05) is 18.7 Å². The van der Waals surface area contributed by atoms with Gasteiger partial charge in [0.25, 0.3) is 0 Å². The summed E-state index contributed by atoms with van der Waals surface area (Å²) in [6, 6.07) is 6.47. The molecule has 10 heteroatoms. The maximum atomic E-state index is 13.5. The van der Waals surface area contributed by atoms with Crippen LogP contribution in [-0.2, 0) is 14.8 Å². The quantitative estimate of drug-likeness (QED) is 0.439. The van der Waals surface area contributed by atoms with Crippen molar-refractivity contribution < 1.29 is 36.3 Å². The Morgan fingerprint density at radius 3 is 2.24 bits per heavy atom. The lowest BCUT2D eigenvalue weighted by Gasteiger charge is -2.21. The van der Waals surface area contributed by atoms with Crippen LogP contribution in [0.4, 0.5) is 8.78 Å². The summed E-state index contributed by atoms with van der Waals surface area (Å²) in [6.45, 7) is 2.08. The van der Waals surface area contributed by atoms with E-state index in [4.69, 9.17) is 9.47 Å². The molecular formula is C23H25F2NO6S. The van der Waals surface area contributed by atoms with Gasteiger partial charge in [-0.15, -0.1) is 0 Å². The molecule has 1 aliphatic rings. The van der Waals surface area contributed by atoms with E-state index in [0.29, 0.717) is 13.1 Å². The number of hydrogen-bond acceptors (Lipinski definition) is 6. The number of carbonyl (C=O) groups excluding carboxylic acids is 2. The molecule has 7 nitrogen and oxygen atoms in total. The average molecular weight is 482 g/mol. The molecule has 0 saturated carbocycles. The maximum absolute atomic E-state index is 13.5. The largest absolute Gasteiger partial charge is 0.496 e. The molecule has 178 valence electrons. The molecule has 0 spiro atoms. The number of Topliss-reactive ketones (excluding diaryl/α,β-unsaturated/α-hetero) is 1. The van der Waals surface area contributed by atoms with E-state index in [1.165, 1.54) is 30.5 Å². The van der Waals surface area contributed by atoms with Crippen LogP contribution in [0.25, 0.3) is 0 Å². The number of carbonyl (C=O) groups is 2. The van der Waals surface area contributed by atoms with Gasteiger partial charge in [-0.2, -0.15) is 4.31 Å². The van der Waals surface area contributed by atoms with Crippen LogP contribution < -0.4 is 4.74 Å². The summed E-state index contributed by atoms with van der Waals surface area (Å²) in [6.07, 6.45) is 2.09. The Balaban J connectivity index is 1.84. The fourth-order valence-corrected chi connectivity index (χ4v) is 5.14. The normalized spacial score (nSPS) is 16.0. The molecule has 0 aromatic heterocycles. The minimum Gasteiger partial charge on any atom is -0.496 e. The first-order valence-electron chi connectivity index (χ1n) is 10.5. The van der Waals surface area contributed by atoms with Gasteiger partial charge in [-0.3, -0.25) is 4.79 Å². The van der Waals surface area contributed by atoms with Crippen LogP contribution in [0.1, 0.15) is 53.3 Å². The van der Waals surface area contributed by atoms with Gasteiger partial charge in [-0.25, -0.2) is 22.0 Å². The van der Waals surface area contributed by atoms with Gasteiger partial charge < -0.3 is 9.47 Å². The number of rotatable bonds is 7. The zero-order chi connectivity index (χ0) is 24.2. The standard InChI is InChI=1S/C23H25F2NO6S/c1-15(22(27)16-7-9-19(24)20(25)13-16)32-23(28)18-14-17(8-10-21(18)31-2)33(29,30)26-11-5-3-4-6-12-26/h7-10,13-15H,3-6,11-12H2,1-2H3/t15-/m0/s1. The number of methoxy groups -OCH3 is 1. The van der Waals surface area contributed by atoms with Crippen molar-refractivity contribution in [3.63, 3.8) is 0 Å². The number of halogens is 2.